The van der Waals surface area contributed by atoms with Crippen molar-refractivity contribution in [2.75, 3.05) is 12.8 Å². The van der Waals surface area contributed by atoms with E-state index in [1.807, 2.05) is 6.07 Å². The molecule has 1 heterocycles. The third-order valence-electron chi connectivity index (χ3n) is 3.58. The number of aromatic nitrogens is 2. The van der Waals surface area contributed by atoms with Gasteiger partial charge >= 0.3 is 0 Å². The highest BCUT2D eigenvalue weighted by atomic mass is 16.2. The van der Waals surface area contributed by atoms with Crippen LogP contribution in [0, 0.1) is 0 Å². The summed E-state index contributed by atoms with van der Waals surface area (Å²) >= 11 is 0. The minimum Gasteiger partial charge on any atom is -0.382 e. The first-order chi connectivity index (χ1) is 11.1. The van der Waals surface area contributed by atoms with E-state index in [2.05, 4.69) is 20.6 Å². The highest BCUT2D eigenvalue weighted by Crippen LogP contribution is 2.22. The van der Waals surface area contributed by atoms with Crippen LogP contribution in [0.5, 0.6) is 0 Å². The Morgan fingerprint density at radius 2 is 2.04 bits per heavy atom. The molecule has 1 aliphatic carbocycles. The van der Waals surface area contributed by atoms with Crippen LogP contribution >= 0.6 is 0 Å². The number of benzene rings is 1. The highest BCUT2D eigenvalue weighted by molar-refractivity contribution is 5.97. The largest absolute Gasteiger partial charge is 0.382 e. The summed E-state index contributed by atoms with van der Waals surface area (Å²) in [5, 5.41) is 5.41. The number of nitrogen functional groups attached to an aromatic ring is 1. The standard InChI is InChI=1S/C16H17N5O2/c1-18-16(23)13-14(17)19-8-12(21-13)9-3-2-4-10(7-9)15(22)20-11-5-6-11/h2-4,7-8,11H,5-6H2,1H3,(H2,17,19)(H,18,23)(H,20,22). The first kappa shape index (κ1) is 15.0. The van der Waals surface area contributed by atoms with Crippen LogP contribution in [-0.2, 0) is 0 Å². The molecule has 0 atom stereocenters. The van der Waals surface area contributed by atoms with Crippen molar-refractivity contribution in [2.45, 2.75) is 18.9 Å². The molecule has 1 aromatic carbocycles. The molecule has 7 nitrogen and oxygen atoms in total. The van der Waals surface area contributed by atoms with Crippen LogP contribution in [0.1, 0.15) is 33.7 Å². The zero-order valence-corrected chi connectivity index (χ0v) is 12.7. The molecular formula is C16H17N5O2. The van der Waals surface area contributed by atoms with Gasteiger partial charge in [0.05, 0.1) is 11.9 Å². The van der Waals surface area contributed by atoms with Crippen molar-refractivity contribution < 1.29 is 9.59 Å². The number of rotatable bonds is 4. The summed E-state index contributed by atoms with van der Waals surface area (Å²) in [6.45, 7) is 0. The van der Waals surface area contributed by atoms with Crippen molar-refractivity contribution in [3.05, 3.63) is 41.7 Å². The van der Waals surface area contributed by atoms with Gasteiger partial charge in [0, 0.05) is 24.2 Å². The predicted octanol–water partition coefficient (Wildman–Crippen LogP) is 0.978. The second kappa shape index (κ2) is 6.04. The molecule has 2 amide bonds. The van der Waals surface area contributed by atoms with Crippen molar-refractivity contribution in [1.29, 1.82) is 0 Å². The molecule has 0 bridgehead atoms. The fraction of sp³-hybridized carbons (Fsp3) is 0.250. The van der Waals surface area contributed by atoms with Gasteiger partial charge in [-0.25, -0.2) is 9.97 Å². The molecule has 0 spiro atoms. The maximum Gasteiger partial charge on any atom is 0.273 e. The van der Waals surface area contributed by atoms with Crippen LogP contribution in [0.25, 0.3) is 11.3 Å². The molecule has 7 heteroatoms. The Hall–Kier alpha value is -2.96. The normalized spacial score (nSPS) is 13.4. The predicted molar refractivity (Wildman–Crippen MR) is 85.8 cm³/mol. The zero-order valence-electron chi connectivity index (χ0n) is 12.7. The third-order valence-corrected chi connectivity index (χ3v) is 3.58. The van der Waals surface area contributed by atoms with Crippen molar-refractivity contribution in [2.24, 2.45) is 0 Å². The monoisotopic (exact) mass is 311 g/mol. The van der Waals surface area contributed by atoms with Crippen LogP contribution in [0.2, 0.25) is 0 Å². The third kappa shape index (κ3) is 3.28. The Morgan fingerprint density at radius 3 is 2.74 bits per heavy atom. The second-order valence-electron chi connectivity index (χ2n) is 5.40. The summed E-state index contributed by atoms with van der Waals surface area (Å²) in [4.78, 5) is 32.2. The van der Waals surface area contributed by atoms with E-state index in [0.29, 0.717) is 22.9 Å². The van der Waals surface area contributed by atoms with Gasteiger partial charge in [-0.15, -0.1) is 0 Å². The molecule has 1 saturated carbocycles. The summed E-state index contributed by atoms with van der Waals surface area (Å²) in [6, 6.07) is 7.34. The smallest absolute Gasteiger partial charge is 0.273 e. The average Bonchev–Trinajstić information content (AvgIpc) is 3.38. The SMILES string of the molecule is CNC(=O)c1nc(-c2cccc(C(=O)NC3CC3)c2)cnc1N. The topological polar surface area (TPSA) is 110 Å². The molecule has 3 rings (SSSR count). The molecule has 2 aromatic rings. The van der Waals surface area contributed by atoms with Gasteiger partial charge in [0.25, 0.3) is 11.8 Å². The summed E-state index contributed by atoms with van der Waals surface area (Å²) in [7, 11) is 1.50. The van der Waals surface area contributed by atoms with Gasteiger partial charge < -0.3 is 16.4 Å². The number of nitrogens with two attached hydrogens (primary N) is 1. The first-order valence-electron chi connectivity index (χ1n) is 7.34. The highest BCUT2D eigenvalue weighted by Gasteiger charge is 2.24. The average molecular weight is 311 g/mol. The van der Waals surface area contributed by atoms with Crippen LogP contribution < -0.4 is 16.4 Å². The minimum absolute atomic E-state index is 0.0655. The molecule has 0 aliphatic heterocycles. The van der Waals surface area contributed by atoms with Gasteiger partial charge in [-0.1, -0.05) is 12.1 Å². The van der Waals surface area contributed by atoms with E-state index >= 15 is 0 Å². The van der Waals surface area contributed by atoms with Crippen LogP contribution in [0.4, 0.5) is 5.82 Å². The maximum atomic E-state index is 12.1. The molecule has 1 fully saturated rings. The number of hydrogen-bond donors (Lipinski definition) is 3. The first-order valence-corrected chi connectivity index (χ1v) is 7.34. The molecule has 23 heavy (non-hydrogen) atoms. The Bertz CT molecular complexity index is 771. The Labute approximate surface area is 133 Å². The number of amides is 2. The number of anilines is 1. The van der Waals surface area contributed by atoms with Gasteiger partial charge in [-0.3, -0.25) is 9.59 Å². The lowest BCUT2D eigenvalue weighted by molar-refractivity contribution is 0.0945. The molecular weight excluding hydrogens is 294 g/mol. The summed E-state index contributed by atoms with van der Waals surface area (Å²) in [5.74, 6) is -0.445. The summed E-state index contributed by atoms with van der Waals surface area (Å²) in [5.41, 5.74) is 7.49. The van der Waals surface area contributed by atoms with E-state index in [9.17, 15) is 9.59 Å². The Morgan fingerprint density at radius 1 is 1.26 bits per heavy atom. The van der Waals surface area contributed by atoms with Gasteiger partial charge in [-0.05, 0) is 25.0 Å². The number of nitrogens with zero attached hydrogens (tertiary/aromatic N) is 2. The van der Waals surface area contributed by atoms with E-state index in [1.165, 1.54) is 13.2 Å². The van der Waals surface area contributed by atoms with Gasteiger partial charge in [0.15, 0.2) is 11.5 Å². The van der Waals surface area contributed by atoms with Crippen molar-refractivity contribution in [1.82, 2.24) is 20.6 Å². The molecule has 0 saturated heterocycles. The molecule has 0 unspecified atom stereocenters. The van der Waals surface area contributed by atoms with Crippen LogP contribution in [-0.4, -0.2) is 34.9 Å². The number of hydrogen-bond acceptors (Lipinski definition) is 5. The van der Waals surface area contributed by atoms with Crippen LogP contribution in [0.3, 0.4) is 0 Å². The second-order valence-corrected chi connectivity index (χ2v) is 5.40. The van der Waals surface area contributed by atoms with E-state index in [-0.39, 0.29) is 17.4 Å². The molecule has 1 aliphatic rings. The van der Waals surface area contributed by atoms with Gasteiger partial charge in [0.1, 0.15) is 0 Å². The molecule has 118 valence electrons. The maximum absolute atomic E-state index is 12.1. The summed E-state index contributed by atoms with van der Waals surface area (Å²) in [6.07, 6.45) is 3.55. The lowest BCUT2D eigenvalue weighted by Crippen LogP contribution is -2.25. The minimum atomic E-state index is -0.403. The lowest BCUT2D eigenvalue weighted by Gasteiger charge is -2.08. The van der Waals surface area contributed by atoms with Crippen molar-refractivity contribution in [3.8, 4) is 11.3 Å². The van der Waals surface area contributed by atoms with Crippen molar-refractivity contribution >= 4 is 17.6 Å². The quantitative estimate of drug-likeness (QED) is 0.779. The van der Waals surface area contributed by atoms with E-state index in [1.54, 1.807) is 18.2 Å². The number of nitrogens with one attached hydrogen (secondary N) is 2. The fourth-order valence-electron chi connectivity index (χ4n) is 2.14. The molecule has 4 N–H and O–H groups in total. The number of carbonyl (C=O) groups excluding carboxylic acids is 2. The van der Waals surface area contributed by atoms with Crippen LogP contribution in [0.15, 0.2) is 30.5 Å². The fourth-order valence-corrected chi connectivity index (χ4v) is 2.14. The number of carbonyl (C=O) groups is 2. The molecule has 0 radical (unpaired) electrons. The zero-order chi connectivity index (χ0) is 16.4. The van der Waals surface area contributed by atoms with Gasteiger partial charge in [0.2, 0.25) is 0 Å². The van der Waals surface area contributed by atoms with E-state index < -0.39 is 5.91 Å². The Balaban J connectivity index is 1.92. The van der Waals surface area contributed by atoms with E-state index in [0.717, 1.165) is 12.8 Å². The Kier molecular flexibility index (Phi) is 3.92. The summed E-state index contributed by atoms with van der Waals surface area (Å²) < 4.78 is 0. The van der Waals surface area contributed by atoms with Gasteiger partial charge in [-0.2, -0.15) is 0 Å². The van der Waals surface area contributed by atoms with Crippen molar-refractivity contribution in [3.63, 3.8) is 0 Å². The van der Waals surface area contributed by atoms with E-state index in [4.69, 9.17) is 5.73 Å². The molecule has 1 aromatic heterocycles. The lowest BCUT2D eigenvalue weighted by atomic mass is 10.1.